The van der Waals surface area contributed by atoms with Crippen LogP contribution in [0.5, 0.6) is 0 Å². The number of carbonyl (C=O) groups excluding carboxylic acids is 1. The van der Waals surface area contributed by atoms with E-state index in [4.69, 9.17) is 5.73 Å². The van der Waals surface area contributed by atoms with Gasteiger partial charge in [-0.15, -0.1) is 24.8 Å². The zero-order chi connectivity index (χ0) is 19.6. The Kier molecular flexibility index (Phi) is 9.30. The highest BCUT2D eigenvalue weighted by molar-refractivity contribution is 7.89. The largest absolute Gasteiger partial charge is 0.340 e. The molecule has 1 aliphatic rings. The van der Waals surface area contributed by atoms with Crippen LogP contribution in [0.1, 0.15) is 20.3 Å². The van der Waals surface area contributed by atoms with Crippen LogP contribution in [0, 0.1) is 5.92 Å². The van der Waals surface area contributed by atoms with Crippen LogP contribution in [0.15, 0.2) is 41.6 Å². The number of aromatic nitrogens is 1. The fourth-order valence-electron chi connectivity index (χ4n) is 3.31. The van der Waals surface area contributed by atoms with Crippen molar-refractivity contribution in [3.63, 3.8) is 0 Å². The zero-order valence-corrected chi connectivity index (χ0v) is 19.0. The number of hydrogen-bond acceptors (Lipinski definition) is 5. The first-order valence-electron chi connectivity index (χ1n) is 9.19. The minimum atomic E-state index is -3.66. The van der Waals surface area contributed by atoms with E-state index in [1.54, 1.807) is 35.5 Å². The average Bonchev–Trinajstić information content (AvgIpc) is 2.93. The van der Waals surface area contributed by atoms with E-state index in [0.29, 0.717) is 31.4 Å². The van der Waals surface area contributed by atoms with E-state index in [1.807, 2.05) is 19.9 Å². The normalized spacial score (nSPS) is 16.6. The van der Waals surface area contributed by atoms with Crippen LogP contribution in [0.2, 0.25) is 0 Å². The number of rotatable bonds is 4. The van der Waals surface area contributed by atoms with Crippen LogP contribution in [0.3, 0.4) is 0 Å². The maximum absolute atomic E-state index is 13.2. The lowest BCUT2D eigenvalue weighted by Crippen LogP contribution is -2.47. The number of amides is 1. The number of pyridine rings is 1. The van der Waals surface area contributed by atoms with Crippen molar-refractivity contribution in [1.82, 2.24) is 14.2 Å². The molecule has 162 valence electrons. The van der Waals surface area contributed by atoms with E-state index < -0.39 is 16.1 Å². The van der Waals surface area contributed by atoms with Crippen molar-refractivity contribution >= 4 is 51.5 Å². The standard InChI is InChI=1S/C19H26N4O3S.2ClH/c1-14(2)18(20)19(24)22-9-4-10-23(12-11-22)27(25,26)17-6-3-5-15-13-21-8-7-16(15)17;;/h3,5-8,13-14,18H,4,9-12,20H2,1-2H3;2*1H/t18-;;/m0../s1. The minimum Gasteiger partial charge on any atom is -0.340 e. The Morgan fingerprint density at radius 2 is 1.83 bits per heavy atom. The van der Waals surface area contributed by atoms with Gasteiger partial charge in [0.1, 0.15) is 0 Å². The molecule has 1 aromatic carbocycles. The van der Waals surface area contributed by atoms with Gasteiger partial charge in [-0.25, -0.2) is 8.42 Å². The van der Waals surface area contributed by atoms with E-state index in [0.717, 1.165) is 5.39 Å². The van der Waals surface area contributed by atoms with Gasteiger partial charge in [-0.3, -0.25) is 9.78 Å². The van der Waals surface area contributed by atoms with Gasteiger partial charge in [-0.1, -0.05) is 26.0 Å². The van der Waals surface area contributed by atoms with E-state index in [-0.39, 0.29) is 48.1 Å². The Hall–Kier alpha value is -1.45. The van der Waals surface area contributed by atoms with Gasteiger partial charge in [-0.05, 0) is 24.5 Å². The molecular formula is C19H28Cl2N4O3S. The van der Waals surface area contributed by atoms with Gasteiger partial charge in [0.15, 0.2) is 0 Å². The first-order valence-corrected chi connectivity index (χ1v) is 10.6. The lowest BCUT2D eigenvalue weighted by molar-refractivity contribution is -0.133. The quantitative estimate of drug-likeness (QED) is 0.751. The molecule has 0 spiro atoms. The predicted octanol–water partition coefficient (Wildman–Crippen LogP) is 2.28. The van der Waals surface area contributed by atoms with Gasteiger partial charge < -0.3 is 10.6 Å². The summed E-state index contributed by atoms with van der Waals surface area (Å²) < 4.78 is 28.0. The molecule has 2 N–H and O–H groups in total. The van der Waals surface area contributed by atoms with Crippen LogP contribution in [-0.2, 0) is 14.8 Å². The molecule has 10 heteroatoms. The van der Waals surface area contributed by atoms with Gasteiger partial charge in [0.2, 0.25) is 15.9 Å². The summed E-state index contributed by atoms with van der Waals surface area (Å²) in [5.41, 5.74) is 5.99. The average molecular weight is 463 g/mol. The van der Waals surface area contributed by atoms with E-state index in [1.165, 1.54) is 4.31 Å². The lowest BCUT2D eigenvalue weighted by Gasteiger charge is -2.26. The monoisotopic (exact) mass is 462 g/mol. The summed E-state index contributed by atoms with van der Waals surface area (Å²) in [5, 5.41) is 1.44. The number of hydrogen-bond donors (Lipinski definition) is 1. The summed E-state index contributed by atoms with van der Waals surface area (Å²) >= 11 is 0. The summed E-state index contributed by atoms with van der Waals surface area (Å²) in [6, 6.07) is 6.36. The van der Waals surface area contributed by atoms with Gasteiger partial charge >= 0.3 is 0 Å². The maximum atomic E-state index is 13.2. The Labute approximate surface area is 184 Å². The second-order valence-electron chi connectivity index (χ2n) is 7.21. The van der Waals surface area contributed by atoms with Crippen LogP contribution in [0.4, 0.5) is 0 Å². The van der Waals surface area contributed by atoms with Crippen LogP contribution < -0.4 is 5.73 Å². The molecule has 2 heterocycles. The summed E-state index contributed by atoms with van der Waals surface area (Å²) in [6.07, 6.45) is 3.84. The van der Waals surface area contributed by atoms with Gasteiger partial charge in [0, 0.05) is 49.3 Å². The summed E-state index contributed by atoms with van der Waals surface area (Å²) in [5.74, 6) is -0.0645. The fraction of sp³-hybridized carbons (Fsp3) is 0.474. The Morgan fingerprint density at radius 1 is 1.10 bits per heavy atom. The van der Waals surface area contributed by atoms with Crippen LogP contribution in [0.25, 0.3) is 10.8 Å². The van der Waals surface area contributed by atoms with Gasteiger partial charge in [-0.2, -0.15) is 4.31 Å². The number of nitrogens with two attached hydrogens (primary N) is 1. The number of benzene rings is 1. The van der Waals surface area contributed by atoms with E-state index in [9.17, 15) is 13.2 Å². The minimum absolute atomic E-state index is 0. The van der Waals surface area contributed by atoms with Crippen LogP contribution >= 0.6 is 24.8 Å². The SMILES string of the molecule is CC(C)[C@H](N)C(=O)N1CCCN(S(=O)(=O)c2cccc3cnccc23)CC1.Cl.Cl. The predicted molar refractivity (Wildman–Crippen MR) is 119 cm³/mol. The van der Waals surface area contributed by atoms with E-state index in [2.05, 4.69) is 4.98 Å². The fourth-order valence-corrected chi connectivity index (χ4v) is 4.99. The van der Waals surface area contributed by atoms with E-state index >= 15 is 0 Å². The molecule has 0 bridgehead atoms. The smallest absolute Gasteiger partial charge is 0.243 e. The maximum Gasteiger partial charge on any atom is 0.243 e. The Bertz CT molecular complexity index is 935. The first kappa shape index (κ1) is 25.6. The molecule has 0 aliphatic carbocycles. The van der Waals surface area contributed by atoms with Crippen molar-refractivity contribution in [3.05, 3.63) is 36.7 Å². The zero-order valence-electron chi connectivity index (χ0n) is 16.5. The van der Waals surface area contributed by atoms with Crippen molar-refractivity contribution in [2.45, 2.75) is 31.2 Å². The molecule has 0 unspecified atom stereocenters. The highest BCUT2D eigenvalue weighted by atomic mass is 35.5. The third-order valence-corrected chi connectivity index (χ3v) is 6.99. The van der Waals surface area contributed by atoms with Crippen molar-refractivity contribution in [3.8, 4) is 0 Å². The number of sulfonamides is 1. The topological polar surface area (TPSA) is 96.6 Å². The first-order chi connectivity index (χ1) is 12.8. The molecule has 1 saturated heterocycles. The number of halogens is 2. The number of carbonyl (C=O) groups is 1. The van der Waals surface area contributed by atoms with Crippen LogP contribution in [-0.4, -0.2) is 60.7 Å². The molecule has 1 aromatic heterocycles. The molecule has 0 radical (unpaired) electrons. The summed E-state index contributed by atoms with van der Waals surface area (Å²) in [7, 11) is -3.66. The highest BCUT2D eigenvalue weighted by Crippen LogP contribution is 2.26. The Morgan fingerprint density at radius 3 is 2.52 bits per heavy atom. The molecular weight excluding hydrogens is 435 g/mol. The summed E-state index contributed by atoms with van der Waals surface area (Å²) in [6.45, 7) is 5.33. The molecule has 3 rings (SSSR count). The molecule has 1 atom stereocenters. The molecule has 1 amide bonds. The second kappa shape index (κ2) is 10.5. The Balaban J connectivity index is 0.00000210. The van der Waals surface area contributed by atoms with Crippen molar-refractivity contribution in [2.75, 3.05) is 26.2 Å². The van der Waals surface area contributed by atoms with Gasteiger partial charge in [0.05, 0.1) is 10.9 Å². The number of fused-ring (bicyclic) bond motifs is 1. The highest BCUT2D eigenvalue weighted by Gasteiger charge is 2.31. The molecule has 2 aromatic rings. The van der Waals surface area contributed by atoms with Gasteiger partial charge in [0.25, 0.3) is 0 Å². The third-order valence-electron chi connectivity index (χ3n) is 5.03. The molecule has 0 saturated carbocycles. The number of nitrogens with zero attached hydrogens (tertiary/aromatic N) is 3. The second-order valence-corrected chi connectivity index (χ2v) is 9.11. The van der Waals surface area contributed by atoms with Crippen molar-refractivity contribution in [2.24, 2.45) is 11.7 Å². The molecule has 1 aliphatic heterocycles. The molecule has 29 heavy (non-hydrogen) atoms. The summed E-state index contributed by atoms with van der Waals surface area (Å²) in [4.78, 5) is 18.5. The van der Waals surface area contributed by atoms with Crippen molar-refractivity contribution < 1.29 is 13.2 Å². The molecule has 7 nitrogen and oxygen atoms in total. The van der Waals surface area contributed by atoms with Crippen molar-refractivity contribution in [1.29, 1.82) is 0 Å². The lowest BCUT2D eigenvalue weighted by atomic mass is 10.0. The third kappa shape index (κ3) is 5.38. The molecule has 1 fully saturated rings.